The molecule has 3 heteroatoms. The quantitative estimate of drug-likeness (QED) is 0.616. The van der Waals surface area contributed by atoms with Gasteiger partial charge in [-0.15, -0.1) is 0 Å². The van der Waals surface area contributed by atoms with Crippen molar-refractivity contribution < 1.29 is 14.3 Å². The molecule has 0 N–H and O–H groups in total. The molecule has 0 aromatic heterocycles. The number of ketones is 1. The SMILES string of the molecule is COc1cccc(/C=C/C(=O)c2ccccc2C)c1OC. The number of benzene rings is 2. The lowest BCUT2D eigenvalue weighted by atomic mass is 10.0. The molecular weight excluding hydrogens is 264 g/mol. The average Bonchev–Trinajstić information content (AvgIpc) is 2.52. The van der Waals surface area contributed by atoms with Crippen molar-refractivity contribution in [2.45, 2.75) is 6.92 Å². The Hall–Kier alpha value is -2.55. The van der Waals surface area contributed by atoms with Crippen LogP contribution in [-0.2, 0) is 0 Å². The molecule has 0 saturated carbocycles. The fraction of sp³-hybridized carbons (Fsp3) is 0.167. The molecule has 0 bridgehead atoms. The van der Waals surface area contributed by atoms with E-state index in [-0.39, 0.29) is 5.78 Å². The Bertz CT molecular complexity index is 672. The van der Waals surface area contributed by atoms with Gasteiger partial charge < -0.3 is 9.47 Å². The molecule has 108 valence electrons. The van der Waals surface area contributed by atoms with Gasteiger partial charge in [0.2, 0.25) is 0 Å². The molecule has 0 fully saturated rings. The molecule has 0 aliphatic carbocycles. The highest BCUT2D eigenvalue weighted by molar-refractivity contribution is 6.07. The maximum absolute atomic E-state index is 12.2. The Morgan fingerprint density at radius 2 is 1.76 bits per heavy atom. The van der Waals surface area contributed by atoms with E-state index >= 15 is 0 Å². The van der Waals surface area contributed by atoms with Gasteiger partial charge in [0.15, 0.2) is 17.3 Å². The molecule has 2 aromatic rings. The summed E-state index contributed by atoms with van der Waals surface area (Å²) < 4.78 is 10.6. The lowest BCUT2D eigenvalue weighted by molar-refractivity contribution is 0.104. The molecule has 0 saturated heterocycles. The molecule has 2 aromatic carbocycles. The molecule has 0 amide bonds. The standard InChI is InChI=1S/C18H18O3/c1-13-7-4-5-9-15(13)16(19)12-11-14-8-6-10-17(20-2)18(14)21-3/h4-12H,1-3H3/b12-11+. The zero-order chi connectivity index (χ0) is 15.2. The molecule has 3 nitrogen and oxygen atoms in total. The number of allylic oxidation sites excluding steroid dienone is 1. The first-order valence-electron chi connectivity index (χ1n) is 6.66. The van der Waals surface area contributed by atoms with Crippen LogP contribution >= 0.6 is 0 Å². The maximum atomic E-state index is 12.2. The van der Waals surface area contributed by atoms with Crippen LogP contribution in [0.3, 0.4) is 0 Å². The first-order valence-corrected chi connectivity index (χ1v) is 6.66. The fourth-order valence-corrected chi connectivity index (χ4v) is 2.15. The van der Waals surface area contributed by atoms with Crippen LogP contribution in [0.1, 0.15) is 21.5 Å². The maximum Gasteiger partial charge on any atom is 0.186 e. The summed E-state index contributed by atoms with van der Waals surface area (Å²) >= 11 is 0. The summed E-state index contributed by atoms with van der Waals surface area (Å²) in [4.78, 5) is 12.2. The van der Waals surface area contributed by atoms with Crippen LogP contribution in [0.15, 0.2) is 48.5 Å². The van der Waals surface area contributed by atoms with Crippen molar-refractivity contribution >= 4 is 11.9 Å². The normalized spacial score (nSPS) is 10.6. The zero-order valence-corrected chi connectivity index (χ0v) is 12.4. The van der Waals surface area contributed by atoms with Gasteiger partial charge in [0, 0.05) is 11.1 Å². The predicted molar refractivity (Wildman–Crippen MR) is 84.1 cm³/mol. The number of hydrogen-bond donors (Lipinski definition) is 0. The summed E-state index contributed by atoms with van der Waals surface area (Å²) in [5.41, 5.74) is 2.47. The molecule has 2 rings (SSSR count). The summed E-state index contributed by atoms with van der Waals surface area (Å²) in [5, 5.41) is 0. The first kappa shape index (κ1) is 14.9. The van der Waals surface area contributed by atoms with Gasteiger partial charge >= 0.3 is 0 Å². The third-order valence-electron chi connectivity index (χ3n) is 3.26. The van der Waals surface area contributed by atoms with Gasteiger partial charge in [0.25, 0.3) is 0 Å². The number of methoxy groups -OCH3 is 2. The predicted octanol–water partition coefficient (Wildman–Crippen LogP) is 3.91. The van der Waals surface area contributed by atoms with E-state index in [4.69, 9.17) is 9.47 Å². The van der Waals surface area contributed by atoms with E-state index < -0.39 is 0 Å². The van der Waals surface area contributed by atoms with Crippen LogP contribution in [0.2, 0.25) is 0 Å². The van der Waals surface area contributed by atoms with E-state index in [0.29, 0.717) is 17.1 Å². The van der Waals surface area contributed by atoms with Crippen molar-refractivity contribution in [1.29, 1.82) is 0 Å². The third-order valence-corrected chi connectivity index (χ3v) is 3.26. The second kappa shape index (κ2) is 6.75. The molecule has 0 atom stereocenters. The van der Waals surface area contributed by atoms with E-state index in [1.165, 1.54) is 0 Å². The molecule has 0 heterocycles. The van der Waals surface area contributed by atoms with Crippen LogP contribution in [0.5, 0.6) is 11.5 Å². The highest BCUT2D eigenvalue weighted by Crippen LogP contribution is 2.31. The lowest BCUT2D eigenvalue weighted by Gasteiger charge is -2.09. The van der Waals surface area contributed by atoms with Crippen molar-refractivity contribution in [3.63, 3.8) is 0 Å². The fourth-order valence-electron chi connectivity index (χ4n) is 2.15. The van der Waals surface area contributed by atoms with Gasteiger partial charge in [-0.2, -0.15) is 0 Å². The second-order valence-electron chi connectivity index (χ2n) is 4.60. The lowest BCUT2D eigenvalue weighted by Crippen LogP contribution is -1.97. The number of ether oxygens (including phenoxy) is 2. The molecule has 0 radical (unpaired) electrons. The topological polar surface area (TPSA) is 35.5 Å². The summed E-state index contributed by atoms with van der Waals surface area (Å²) in [6.07, 6.45) is 3.30. The van der Waals surface area contributed by atoms with Crippen LogP contribution in [0.4, 0.5) is 0 Å². The van der Waals surface area contributed by atoms with E-state index in [2.05, 4.69) is 0 Å². The highest BCUT2D eigenvalue weighted by atomic mass is 16.5. The van der Waals surface area contributed by atoms with Crippen molar-refractivity contribution in [1.82, 2.24) is 0 Å². The molecular formula is C18H18O3. The monoisotopic (exact) mass is 282 g/mol. The Morgan fingerprint density at radius 3 is 2.43 bits per heavy atom. The molecule has 0 aliphatic rings. The van der Waals surface area contributed by atoms with Gasteiger partial charge in [-0.3, -0.25) is 4.79 Å². The first-order chi connectivity index (χ1) is 10.2. The zero-order valence-electron chi connectivity index (χ0n) is 12.4. The van der Waals surface area contributed by atoms with Crippen molar-refractivity contribution in [3.05, 3.63) is 65.2 Å². The van der Waals surface area contributed by atoms with Gasteiger partial charge in [0.1, 0.15) is 0 Å². The molecule has 0 aliphatic heterocycles. The van der Waals surface area contributed by atoms with Gasteiger partial charge in [-0.05, 0) is 30.7 Å². The minimum absolute atomic E-state index is 0.0297. The number of hydrogen-bond acceptors (Lipinski definition) is 3. The van der Waals surface area contributed by atoms with E-state index in [9.17, 15) is 4.79 Å². The highest BCUT2D eigenvalue weighted by Gasteiger charge is 2.08. The number of rotatable bonds is 5. The Labute approximate surface area is 124 Å². The van der Waals surface area contributed by atoms with E-state index in [1.54, 1.807) is 26.4 Å². The summed E-state index contributed by atoms with van der Waals surface area (Å²) in [7, 11) is 3.17. The molecule has 0 spiro atoms. The average molecular weight is 282 g/mol. The van der Waals surface area contributed by atoms with Crippen molar-refractivity contribution in [2.24, 2.45) is 0 Å². The smallest absolute Gasteiger partial charge is 0.186 e. The van der Waals surface area contributed by atoms with Crippen LogP contribution in [0, 0.1) is 6.92 Å². The van der Waals surface area contributed by atoms with Gasteiger partial charge in [-0.1, -0.05) is 36.4 Å². The largest absolute Gasteiger partial charge is 0.493 e. The Morgan fingerprint density at radius 1 is 1.00 bits per heavy atom. The second-order valence-corrected chi connectivity index (χ2v) is 4.60. The van der Waals surface area contributed by atoms with Gasteiger partial charge in [0.05, 0.1) is 14.2 Å². The van der Waals surface area contributed by atoms with Crippen molar-refractivity contribution in [2.75, 3.05) is 14.2 Å². The van der Waals surface area contributed by atoms with Crippen LogP contribution in [-0.4, -0.2) is 20.0 Å². The third kappa shape index (κ3) is 3.31. The van der Waals surface area contributed by atoms with Gasteiger partial charge in [-0.25, -0.2) is 0 Å². The number of carbonyl (C=O) groups is 1. The minimum Gasteiger partial charge on any atom is -0.493 e. The summed E-state index contributed by atoms with van der Waals surface area (Å²) in [6, 6.07) is 13.1. The number of aryl methyl sites for hydroxylation is 1. The molecule has 0 unspecified atom stereocenters. The van der Waals surface area contributed by atoms with E-state index in [1.807, 2.05) is 49.4 Å². The van der Waals surface area contributed by atoms with Crippen LogP contribution < -0.4 is 9.47 Å². The minimum atomic E-state index is -0.0297. The number of carbonyl (C=O) groups excluding carboxylic acids is 1. The Balaban J connectivity index is 2.30. The summed E-state index contributed by atoms with van der Waals surface area (Å²) in [6.45, 7) is 1.92. The van der Waals surface area contributed by atoms with Crippen molar-refractivity contribution in [3.8, 4) is 11.5 Å². The van der Waals surface area contributed by atoms with Crippen LogP contribution in [0.25, 0.3) is 6.08 Å². The Kier molecular flexibility index (Phi) is 4.77. The number of para-hydroxylation sites is 1. The van der Waals surface area contributed by atoms with E-state index in [0.717, 1.165) is 11.1 Å². The molecule has 21 heavy (non-hydrogen) atoms. The summed E-state index contributed by atoms with van der Waals surface area (Å²) in [5.74, 6) is 1.23.